The minimum absolute atomic E-state index is 0.0133. The molecule has 0 saturated carbocycles. The van der Waals surface area contributed by atoms with Crippen molar-refractivity contribution in [3.63, 3.8) is 0 Å². The number of rotatable bonds is 9. The van der Waals surface area contributed by atoms with Crippen LogP contribution in [0.5, 0.6) is 0 Å². The van der Waals surface area contributed by atoms with Gasteiger partial charge < -0.3 is 36.0 Å². The highest BCUT2D eigenvalue weighted by molar-refractivity contribution is 5.84. The topological polar surface area (TPSA) is 171 Å². The van der Waals surface area contributed by atoms with Crippen molar-refractivity contribution < 1.29 is 33.8 Å². The summed E-state index contributed by atoms with van der Waals surface area (Å²) in [5.74, 6) is -2.29. The number of amides is 4. The zero-order valence-corrected chi connectivity index (χ0v) is 21.6. The molecule has 12 nitrogen and oxygen atoms in total. The van der Waals surface area contributed by atoms with Gasteiger partial charge in [-0.05, 0) is 58.8 Å². The van der Waals surface area contributed by atoms with Crippen LogP contribution in [0.25, 0.3) is 0 Å². The molecule has 0 radical (unpaired) electrons. The standard InChI is InChI=1S/C24H41N5O7/c1-24(2,3)36-23(35)28-11-8-16(9-12-28)6-7-20(31)29-10-4-5-17(15-29)22(34)27-18(13-21(32)33)26-19(30)14-25/h16-18H,4-15,25H2,1-3H3,(H,26,30)(H,27,34)(H,32,33)/t17-,18-/m1/s1. The minimum atomic E-state index is -1.17. The highest BCUT2D eigenvalue weighted by Crippen LogP contribution is 2.25. The summed E-state index contributed by atoms with van der Waals surface area (Å²) in [5, 5.41) is 14.0. The molecule has 2 rings (SSSR count). The van der Waals surface area contributed by atoms with E-state index >= 15 is 0 Å². The summed E-state index contributed by atoms with van der Waals surface area (Å²) in [5.41, 5.74) is 4.73. The molecule has 2 atom stereocenters. The molecule has 5 N–H and O–H groups in total. The SMILES string of the molecule is CC(C)(C)OC(=O)N1CCC(CCC(=O)N2CCC[C@@H](C(=O)N[C@H](CC(=O)O)NC(=O)CN)C2)CC1. The van der Waals surface area contributed by atoms with Gasteiger partial charge in [-0.3, -0.25) is 19.2 Å². The number of aliphatic carboxylic acids is 1. The molecule has 0 aliphatic carbocycles. The van der Waals surface area contributed by atoms with Gasteiger partial charge in [-0.25, -0.2) is 4.79 Å². The number of ether oxygens (including phenoxy) is 1. The van der Waals surface area contributed by atoms with E-state index in [0.29, 0.717) is 44.8 Å². The lowest BCUT2D eigenvalue weighted by atomic mass is 9.91. The molecule has 36 heavy (non-hydrogen) atoms. The van der Waals surface area contributed by atoms with Crippen LogP contribution in [-0.2, 0) is 23.9 Å². The van der Waals surface area contributed by atoms with Crippen LogP contribution in [0.15, 0.2) is 0 Å². The Kier molecular flexibility index (Phi) is 10.9. The Balaban J connectivity index is 1.79. The first-order valence-corrected chi connectivity index (χ1v) is 12.6. The largest absolute Gasteiger partial charge is 0.481 e. The molecular formula is C24H41N5O7. The maximum absolute atomic E-state index is 12.9. The van der Waals surface area contributed by atoms with E-state index in [-0.39, 0.29) is 25.1 Å². The highest BCUT2D eigenvalue weighted by atomic mass is 16.6. The maximum atomic E-state index is 12.9. The molecule has 0 aromatic carbocycles. The van der Waals surface area contributed by atoms with Crippen molar-refractivity contribution in [2.24, 2.45) is 17.6 Å². The smallest absolute Gasteiger partial charge is 0.410 e. The summed E-state index contributed by atoms with van der Waals surface area (Å²) >= 11 is 0. The Labute approximate surface area is 212 Å². The number of carboxylic acid groups (broad SMARTS) is 1. The van der Waals surface area contributed by atoms with E-state index in [4.69, 9.17) is 15.6 Å². The summed E-state index contributed by atoms with van der Waals surface area (Å²) in [6.45, 7) is 7.24. The van der Waals surface area contributed by atoms with Crippen molar-refractivity contribution in [1.82, 2.24) is 20.4 Å². The van der Waals surface area contributed by atoms with Crippen LogP contribution >= 0.6 is 0 Å². The van der Waals surface area contributed by atoms with Crippen molar-refractivity contribution in [1.29, 1.82) is 0 Å². The second-order valence-corrected chi connectivity index (χ2v) is 10.6. The minimum Gasteiger partial charge on any atom is -0.481 e. The van der Waals surface area contributed by atoms with Crippen molar-refractivity contribution in [2.75, 3.05) is 32.7 Å². The van der Waals surface area contributed by atoms with Gasteiger partial charge in [-0.1, -0.05) is 0 Å². The number of piperidine rings is 2. The molecule has 0 unspecified atom stereocenters. The second kappa shape index (κ2) is 13.4. The van der Waals surface area contributed by atoms with Gasteiger partial charge in [-0.15, -0.1) is 0 Å². The average molecular weight is 512 g/mol. The molecule has 0 aromatic rings. The molecule has 2 aliphatic heterocycles. The molecule has 0 aromatic heterocycles. The maximum Gasteiger partial charge on any atom is 0.410 e. The van der Waals surface area contributed by atoms with E-state index in [2.05, 4.69) is 10.6 Å². The zero-order chi connectivity index (χ0) is 26.9. The predicted molar refractivity (Wildman–Crippen MR) is 130 cm³/mol. The van der Waals surface area contributed by atoms with Crippen LogP contribution in [0, 0.1) is 11.8 Å². The molecule has 2 saturated heterocycles. The Morgan fingerprint density at radius 2 is 1.69 bits per heavy atom. The van der Waals surface area contributed by atoms with E-state index in [1.54, 1.807) is 9.80 Å². The Hall–Kier alpha value is -2.89. The molecule has 12 heteroatoms. The quantitative estimate of drug-likeness (QED) is 0.327. The molecule has 0 spiro atoms. The summed E-state index contributed by atoms with van der Waals surface area (Å²) in [6.07, 6.45) is 2.12. The fourth-order valence-corrected chi connectivity index (χ4v) is 4.49. The summed E-state index contributed by atoms with van der Waals surface area (Å²) in [6, 6.07) is 0. The number of nitrogens with one attached hydrogen (secondary N) is 2. The third-order valence-electron chi connectivity index (χ3n) is 6.39. The number of carbonyl (C=O) groups is 5. The molecule has 2 aliphatic rings. The van der Waals surface area contributed by atoms with Gasteiger partial charge >= 0.3 is 12.1 Å². The molecule has 4 amide bonds. The van der Waals surface area contributed by atoms with Gasteiger partial charge in [0.1, 0.15) is 11.8 Å². The molecule has 204 valence electrons. The third kappa shape index (κ3) is 10.00. The van der Waals surface area contributed by atoms with Crippen LogP contribution in [0.1, 0.15) is 65.7 Å². The first-order valence-electron chi connectivity index (χ1n) is 12.6. The van der Waals surface area contributed by atoms with Crippen LogP contribution in [0.4, 0.5) is 4.79 Å². The summed E-state index contributed by atoms with van der Waals surface area (Å²) in [4.78, 5) is 63.8. The van der Waals surface area contributed by atoms with E-state index in [9.17, 15) is 24.0 Å². The number of likely N-dealkylation sites (tertiary alicyclic amines) is 2. The molecule has 0 bridgehead atoms. The number of nitrogens with two attached hydrogens (primary N) is 1. The summed E-state index contributed by atoms with van der Waals surface area (Å²) < 4.78 is 5.42. The number of hydrogen-bond donors (Lipinski definition) is 4. The van der Waals surface area contributed by atoms with Crippen LogP contribution in [0.3, 0.4) is 0 Å². The predicted octanol–water partition coefficient (Wildman–Crippen LogP) is 0.644. The molecule has 2 fully saturated rings. The fraction of sp³-hybridized carbons (Fsp3) is 0.792. The van der Waals surface area contributed by atoms with Gasteiger partial charge in [0.05, 0.1) is 18.9 Å². The fourth-order valence-electron chi connectivity index (χ4n) is 4.49. The highest BCUT2D eigenvalue weighted by Gasteiger charge is 2.31. The van der Waals surface area contributed by atoms with Gasteiger partial charge in [0.25, 0.3) is 0 Å². The van der Waals surface area contributed by atoms with E-state index in [1.165, 1.54) is 0 Å². The first-order chi connectivity index (χ1) is 16.9. The van der Waals surface area contributed by atoms with E-state index in [0.717, 1.165) is 19.3 Å². The van der Waals surface area contributed by atoms with Crippen LogP contribution in [-0.4, -0.2) is 89.2 Å². The van der Waals surface area contributed by atoms with Crippen molar-refractivity contribution in [2.45, 2.75) is 77.5 Å². The van der Waals surface area contributed by atoms with E-state index < -0.39 is 41.9 Å². The third-order valence-corrected chi connectivity index (χ3v) is 6.39. The van der Waals surface area contributed by atoms with Crippen LogP contribution in [0.2, 0.25) is 0 Å². The number of nitrogens with zero attached hydrogens (tertiary/aromatic N) is 2. The molecular weight excluding hydrogens is 470 g/mol. The van der Waals surface area contributed by atoms with Gasteiger partial charge in [0.2, 0.25) is 17.7 Å². The van der Waals surface area contributed by atoms with Crippen molar-refractivity contribution >= 4 is 29.8 Å². The van der Waals surface area contributed by atoms with Gasteiger partial charge in [0, 0.05) is 32.6 Å². The summed E-state index contributed by atoms with van der Waals surface area (Å²) in [7, 11) is 0. The Bertz CT molecular complexity index is 805. The second-order valence-electron chi connectivity index (χ2n) is 10.6. The number of carbonyl (C=O) groups excluding carboxylic acids is 4. The lowest BCUT2D eigenvalue weighted by Crippen LogP contribution is -2.54. The van der Waals surface area contributed by atoms with Crippen molar-refractivity contribution in [3.8, 4) is 0 Å². The first kappa shape index (κ1) is 29.3. The van der Waals surface area contributed by atoms with E-state index in [1.807, 2.05) is 20.8 Å². The normalized spacial score (nSPS) is 19.8. The average Bonchev–Trinajstić information content (AvgIpc) is 2.81. The number of carboxylic acids is 1. The Morgan fingerprint density at radius 3 is 2.28 bits per heavy atom. The lowest BCUT2D eigenvalue weighted by molar-refractivity contribution is -0.138. The van der Waals surface area contributed by atoms with Crippen LogP contribution < -0.4 is 16.4 Å². The van der Waals surface area contributed by atoms with Gasteiger partial charge in [0.15, 0.2) is 0 Å². The monoisotopic (exact) mass is 511 g/mol. The van der Waals surface area contributed by atoms with Gasteiger partial charge in [-0.2, -0.15) is 0 Å². The Morgan fingerprint density at radius 1 is 1.03 bits per heavy atom. The molecule has 2 heterocycles. The van der Waals surface area contributed by atoms with Crippen molar-refractivity contribution in [3.05, 3.63) is 0 Å². The number of hydrogen-bond acceptors (Lipinski definition) is 7. The lowest BCUT2D eigenvalue weighted by Gasteiger charge is -2.35. The zero-order valence-electron chi connectivity index (χ0n) is 21.6.